The molecule has 1 aliphatic rings. The number of oxazole rings is 1. The van der Waals surface area contributed by atoms with Crippen molar-refractivity contribution in [1.29, 1.82) is 0 Å². The van der Waals surface area contributed by atoms with Gasteiger partial charge < -0.3 is 14.6 Å². The van der Waals surface area contributed by atoms with Crippen molar-refractivity contribution in [2.45, 2.75) is 39.0 Å². The number of aliphatic imine (C=N–C) groups is 1. The Labute approximate surface area is 166 Å². The van der Waals surface area contributed by atoms with Crippen molar-refractivity contribution in [3.63, 3.8) is 0 Å². The molecule has 0 aliphatic carbocycles. The van der Waals surface area contributed by atoms with E-state index >= 15 is 0 Å². The molecular weight excluding hydrogens is 376 g/mol. The molecule has 2 heterocycles. The average molecular weight is 405 g/mol. The van der Waals surface area contributed by atoms with E-state index in [1.807, 2.05) is 43.0 Å². The van der Waals surface area contributed by atoms with E-state index < -0.39 is 14.6 Å². The lowest BCUT2D eigenvalue weighted by Gasteiger charge is -2.39. The number of nitrogens with zero attached hydrogens (tertiary/aromatic N) is 3. The minimum absolute atomic E-state index is 0.126. The van der Waals surface area contributed by atoms with Gasteiger partial charge in [-0.05, 0) is 27.7 Å². The van der Waals surface area contributed by atoms with Gasteiger partial charge in [0.15, 0.2) is 21.6 Å². The van der Waals surface area contributed by atoms with Crippen LogP contribution in [0.4, 0.5) is 0 Å². The largest absolute Gasteiger partial charge is 0.439 e. The monoisotopic (exact) mass is 404 g/mol. The summed E-state index contributed by atoms with van der Waals surface area (Å²) in [4.78, 5) is 10.9. The number of hydrogen-bond donors (Lipinski definition) is 1. The summed E-state index contributed by atoms with van der Waals surface area (Å²) in [5.74, 6) is 2.04. The van der Waals surface area contributed by atoms with Crippen molar-refractivity contribution in [1.82, 2.24) is 15.2 Å². The highest BCUT2D eigenvalue weighted by Crippen LogP contribution is 2.24. The molecule has 0 bridgehead atoms. The van der Waals surface area contributed by atoms with Gasteiger partial charge in [-0.15, -0.1) is 0 Å². The maximum Gasteiger partial charge on any atom is 0.216 e. The Balaban J connectivity index is 1.74. The minimum atomic E-state index is -3.10. The normalized spacial score (nSPS) is 18.9. The SMILES string of the molecule is CCNC(=NCc1ncc(-c2ccc(C)cc2)o1)N1CCS(=O)(=O)C(C)(C)C1. The van der Waals surface area contributed by atoms with E-state index in [1.54, 1.807) is 20.0 Å². The van der Waals surface area contributed by atoms with Gasteiger partial charge >= 0.3 is 0 Å². The predicted octanol–water partition coefficient (Wildman–Crippen LogP) is 2.62. The van der Waals surface area contributed by atoms with Crippen LogP contribution in [0.1, 0.15) is 32.2 Å². The summed E-state index contributed by atoms with van der Waals surface area (Å²) in [6.07, 6.45) is 1.71. The molecule has 1 fully saturated rings. The summed E-state index contributed by atoms with van der Waals surface area (Å²) < 4.78 is 29.5. The molecule has 152 valence electrons. The van der Waals surface area contributed by atoms with Crippen molar-refractivity contribution in [3.05, 3.63) is 41.9 Å². The van der Waals surface area contributed by atoms with Crippen LogP contribution in [0.15, 0.2) is 39.9 Å². The average Bonchev–Trinajstić information content (AvgIpc) is 3.11. The van der Waals surface area contributed by atoms with Crippen LogP contribution in [0.25, 0.3) is 11.3 Å². The lowest BCUT2D eigenvalue weighted by atomic mass is 10.1. The molecule has 2 aromatic rings. The molecule has 1 saturated heterocycles. The molecule has 0 unspecified atom stereocenters. The zero-order valence-corrected chi connectivity index (χ0v) is 17.7. The minimum Gasteiger partial charge on any atom is -0.439 e. The van der Waals surface area contributed by atoms with Gasteiger partial charge in [-0.2, -0.15) is 0 Å². The first-order valence-corrected chi connectivity index (χ1v) is 11.1. The smallest absolute Gasteiger partial charge is 0.216 e. The quantitative estimate of drug-likeness (QED) is 0.623. The van der Waals surface area contributed by atoms with Crippen LogP contribution in [-0.2, 0) is 16.4 Å². The number of nitrogens with one attached hydrogen (secondary N) is 1. The summed E-state index contributed by atoms with van der Waals surface area (Å²) in [6, 6.07) is 8.07. The first kappa shape index (κ1) is 20.4. The van der Waals surface area contributed by atoms with E-state index in [4.69, 9.17) is 4.42 Å². The molecular formula is C20H28N4O3S. The maximum atomic E-state index is 12.3. The second-order valence-corrected chi connectivity index (χ2v) is 10.4. The van der Waals surface area contributed by atoms with Gasteiger partial charge in [-0.3, -0.25) is 0 Å². The summed E-state index contributed by atoms with van der Waals surface area (Å²) >= 11 is 0. The highest BCUT2D eigenvalue weighted by atomic mass is 32.2. The molecule has 0 spiro atoms. The molecule has 28 heavy (non-hydrogen) atoms. The van der Waals surface area contributed by atoms with Gasteiger partial charge in [-0.25, -0.2) is 18.4 Å². The zero-order valence-electron chi connectivity index (χ0n) is 16.9. The van der Waals surface area contributed by atoms with Crippen molar-refractivity contribution in [3.8, 4) is 11.3 Å². The van der Waals surface area contributed by atoms with Crippen molar-refractivity contribution in [2.24, 2.45) is 4.99 Å². The van der Waals surface area contributed by atoms with Crippen LogP contribution in [-0.4, -0.2) is 54.4 Å². The third kappa shape index (κ3) is 4.38. The summed E-state index contributed by atoms with van der Waals surface area (Å²) in [7, 11) is -3.10. The zero-order chi connectivity index (χ0) is 20.4. The van der Waals surface area contributed by atoms with E-state index in [2.05, 4.69) is 15.3 Å². The van der Waals surface area contributed by atoms with Crippen LogP contribution in [0.3, 0.4) is 0 Å². The molecule has 1 aliphatic heterocycles. The highest BCUT2D eigenvalue weighted by Gasteiger charge is 2.40. The number of aromatic nitrogens is 1. The van der Waals surface area contributed by atoms with Gasteiger partial charge in [0.25, 0.3) is 0 Å². The van der Waals surface area contributed by atoms with Crippen molar-refractivity contribution < 1.29 is 12.8 Å². The van der Waals surface area contributed by atoms with E-state index in [1.165, 1.54) is 5.56 Å². The Morgan fingerprint density at radius 2 is 2.04 bits per heavy atom. The Hall–Kier alpha value is -2.35. The number of rotatable bonds is 4. The Bertz CT molecular complexity index is 946. The fourth-order valence-corrected chi connectivity index (χ4v) is 4.49. The number of aryl methyl sites for hydroxylation is 1. The standard InChI is InChI=1S/C20H28N4O3S/c1-5-21-19(24-10-11-28(25,26)20(3,4)14-24)23-13-18-22-12-17(27-18)16-8-6-15(2)7-9-16/h6-9,12H,5,10-11,13-14H2,1-4H3,(H,21,23). The van der Waals surface area contributed by atoms with Gasteiger partial charge in [-0.1, -0.05) is 29.8 Å². The van der Waals surface area contributed by atoms with Crippen LogP contribution >= 0.6 is 0 Å². The fraction of sp³-hybridized carbons (Fsp3) is 0.500. The molecule has 3 rings (SSSR count). The van der Waals surface area contributed by atoms with Gasteiger partial charge in [0.05, 0.1) is 16.7 Å². The molecule has 0 atom stereocenters. The predicted molar refractivity (Wildman–Crippen MR) is 111 cm³/mol. The van der Waals surface area contributed by atoms with Crippen molar-refractivity contribution >= 4 is 15.8 Å². The third-order valence-electron chi connectivity index (χ3n) is 4.93. The lowest BCUT2D eigenvalue weighted by molar-refractivity contribution is 0.352. The summed E-state index contributed by atoms with van der Waals surface area (Å²) in [6.45, 7) is 9.38. The van der Waals surface area contributed by atoms with Gasteiger partial charge in [0, 0.05) is 25.2 Å². The number of hydrogen-bond acceptors (Lipinski definition) is 5. The first-order valence-electron chi connectivity index (χ1n) is 9.49. The van der Waals surface area contributed by atoms with Crippen LogP contribution in [0, 0.1) is 6.92 Å². The van der Waals surface area contributed by atoms with E-state index in [-0.39, 0.29) is 12.3 Å². The summed E-state index contributed by atoms with van der Waals surface area (Å²) in [5, 5.41) is 3.24. The molecule has 1 aromatic heterocycles. The maximum absolute atomic E-state index is 12.3. The number of benzene rings is 1. The Morgan fingerprint density at radius 3 is 2.68 bits per heavy atom. The number of sulfone groups is 1. The second-order valence-electron chi connectivity index (χ2n) is 7.65. The molecule has 8 heteroatoms. The molecule has 0 radical (unpaired) electrons. The topological polar surface area (TPSA) is 87.8 Å². The fourth-order valence-electron chi connectivity index (χ4n) is 3.13. The summed E-state index contributed by atoms with van der Waals surface area (Å²) in [5.41, 5.74) is 2.16. The van der Waals surface area contributed by atoms with Gasteiger partial charge in [0.2, 0.25) is 5.89 Å². The Kier molecular flexibility index (Phi) is 5.79. The molecule has 1 N–H and O–H groups in total. The lowest BCUT2D eigenvalue weighted by Crippen LogP contribution is -2.57. The van der Waals surface area contributed by atoms with Crippen LogP contribution in [0.2, 0.25) is 0 Å². The molecule has 0 amide bonds. The second kappa shape index (κ2) is 7.95. The Morgan fingerprint density at radius 1 is 1.32 bits per heavy atom. The molecule has 7 nitrogen and oxygen atoms in total. The van der Waals surface area contributed by atoms with E-state index in [0.29, 0.717) is 37.2 Å². The van der Waals surface area contributed by atoms with E-state index in [9.17, 15) is 8.42 Å². The van der Waals surface area contributed by atoms with Crippen LogP contribution in [0.5, 0.6) is 0 Å². The van der Waals surface area contributed by atoms with Crippen molar-refractivity contribution in [2.75, 3.05) is 25.4 Å². The highest BCUT2D eigenvalue weighted by molar-refractivity contribution is 7.92. The third-order valence-corrected chi connectivity index (χ3v) is 7.46. The van der Waals surface area contributed by atoms with E-state index in [0.717, 1.165) is 5.56 Å². The first-order chi connectivity index (χ1) is 13.2. The number of guanidine groups is 1. The molecule has 1 aromatic carbocycles. The van der Waals surface area contributed by atoms with Crippen LogP contribution < -0.4 is 5.32 Å². The van der Waals surface area contributed by atoms with Gasteiger partial charge in [0.1, 0.15) is 6.54 Å². The molecule has 0 saturated carbocycles.